The molecule has 0 amide bonds. The van der Waals surface area contributed by atoms with Crippen molar-refractivity contribution in [3.63, 3.8) is 0 Å². The third-order valence-electron chi connectivity index (χ3n) is 7.76. The minimum Gasteiger partial charge on any atom is -0.756 e. The molecule has 18 nitrogen and oxygen atoms in total. The summed E-state index contributed by atoms with van der Waals surface area (Å²) in [5.74, 6) is -0.315. The summed E-state index contributed by atoms with van der Waals surface area (Å²) in [7, 11) is -17.8. The molecule has 274 valence electrons. The Morgan fingerprint density at radius 3 is 2.35 bits per heavy atom. The van der Waals surface area contributed by atoms with Crippen LogP contribution in [0.1, 0.15) is 6.23 Å². The molecule has 7 rings (SSSR count). The number of fused-ring (bicyclic) bond motifs is 4. The highest BCUT2D eigenvalue weighted by Crippen LogP contribution is 2.63. The van der Waals surface area contributed by atoms with E-state index in [-0.39, 0.29) is 11.4 Å². The number of aliphatic hydroxyl groups excluding tert-OH is 2. The normalized spacial score (nSPS) is 22.8. The Kier molecular flexibility index (Phi) is 10.3. The number of nitrogens with zero attached hydrogens (tertiary/aromatic N) is 5. The average Bonchev–Trinajstić information content (AvgIpc) is 3.78. The molecule has 4 heterocycles. The lowest BCUT2D eigenvalue weighted by Crippen LogP contribution is -2.34. The number of rotatable bonds is 12. The van der Waals surface area contributed by atoms with Crippen LogP contribution in [0.2, 0.25) is 0 Å². The minimum absolute atomic E-state index is 0.220. The van der Waals surface area contributed by atoms with Crippen molar-refractivity contribution >= 4 is 78.7 Å². The number of imidazole rings is 2. The number of hydrogen-bond acceptors (Lipinski definition) is 17. The van der Waals surface area contributed by atoms with E-state index in [1.165, 1.54) is 40.9 Å². The van der Waals surface area contributed by atoms with Crippen molar-refractivity contribution in [2.24, 2.45) is 0 Å². The molecule has 2 N–H and O–H groups in total. The number of thioether (sulfide) groups is 1. The summed E-state index contributed by atoms with van der Waals surface area (Å²) in [6.07, 6.45) is -1.44. The largest absolute Gasteiger partial charge is 0.756 e. The molecule has 0 saturated carbocycles. The van der Waals surface area contributed by atoms with Gasteiger partial charge in [-0.3, -0.25) is 22.7 Å². The third-order valence-corrected chi connectivity index (χ3v) is 13.0. The van der Waals surface area contributed by atoms with Crippen LogP contribution in [0.4, 0.5) is 0 Å². The van der Waals surface area contributed by atoms with Crippen molar-refractivity contribution in [3.8, 4) is 17.0 Å². The lowest BCUT2D eigenvalue weighted by molar-refractivity contribution is -0.249. The van der Waals surface area contributed by atoms with Crippen LogP contribution in [0.25, 0.3) is 38.8 Å². The van der Waals surface area contributed by atoms with Gasteiger partial charge in [-0.15, -0.1) is 0 Å². The molecule has 23 heteroatoms. The molecule has 1 aliphatic heterocycles. The Hall–Kier alpha value is -3.03. The first-order valence-electron chi connectivity index (χ1n) is 14.9. The van der Waals surface area contributed by atoms with Gasteiger partial charge in [0.25, 0.3) is 15.6 Å². The summed E-state index contributed by atoms with van der Waals surface area (Å²) in [6.45, 7) is -1.06. The van der Waals surface area contributed by atoms with Crippen molar-refractivity contribution < 1.29 is 61.0 Å². The fourth-order valence-corrected chi connectivity index (χ4v) is 9.61. The second-order valence-corrected chi connectivity index (χ2v) is 17.3. The zero-order valence-corrected chi connectivity index (χ0v) is 31.4. The first-order valence-corrected chi connectivity index (χ1v) is 21.3. The van der Waals surface area contributed by atoms with E-state index in [0.29, 0.717) is 27.4 Å². The quantitative estimate of drug-likeness (QED) is 0.101. The number of aliphatic hydroxyl groups is 2. The Bertz CT molecular complexity index is 2450. The van der Waals surface area contributed by atoms with Gasteiger partial charge < -0.3 is 38.7 Å². The summed E-state index contributed by atoms with van der Waals surface area (Å²) in [4.78, 5) is 50.8. The van der Waals surface area contributed by atoms with Crippen LogP contribution in [0, 0.1) is 0 Å². The highest BCUT2D eigenvalue weighted by Gasteiger charge is 2.45. The lowest BCUT2D eigenvalue weighted by Gasteiger charge is -2.34. The van der Waals surface area contributed by atoms with E-state index in [9.17, 15) is 38.6 Å². The van der Waals surface area contributed by atoms with Crippen molar-refractivity contribution in [2.75, 3.05) is 12.9 Å². The van der Waals surface area contributed by atoms with Gasteiger partial charge in [0, 0.05) is 16.2 Å². The molecule has 6 aromatic rings. The van der Waals surface area contributed by atoms with Crippen LogP contribution >= 0.6 is 51.2 Å². The summed E-state index contributed by atoms with van der Waals surface area (Å²) in [6, 6.07) is 18.4. The monoisotopic (exact) mass is 854 g/mol. The van der Waals surface area contributed by atoms with Gasteiger partial charge in [0.15, 0.2) is 28.2 Å². The second kappa shape index (κ2) is 14.3. The molecule has 1 saturated heterocycles. The molecule has 0 spiro atoms. The topological polar surface area (TPSA) is 255 Å². The van der Waals surface area contributed by atoms with E-state index in [1.807, 2.05) is 24.3 Å². The molecule has 52 heavy (non-hydrogen) atoms. The van der Waals surface area contributed by atoms with Crippen LogP contribution in [0.3, 0.4) is 0 Å². The Labute approximate surface area is 305 Å². The molecule has 7 atom stereocenters. The van der Waals surface area contributed by atoms with Crippen molar-refractivity contribution in [2.45, 2.75) is 29.7 Å². The zero-order valence-electron chi connectivity index (χ0n) is 26.3. The maximum atomic E-state index is 12.4. The van der Waals surface area contributed by atoms with Crippen LogP contribution < -0.4 is 19.2 Å². The number of phosphoric acid groups is 3. The maximum absolute atomic E-state index is 12.4. The number of benzene rings is 3. The number of ether oxygens (including phenoxy) is 1. The second-order valence-electron chi connectivity index (χ2n) is 11.2. The highest BCUT2D eigenvalue weighted by molar-refractivity contribution is 9.10. The fourth-order valence-electron chi connectivity index (χ4n) is 5.47. The van der Waals surface area contributed by atoms with E-state index in [1.54, 1.807) is 41.1 Å². The van der Waals surface area contributed by atoms with E-state index in [0.717, 1.165) is 15.4 Å². The van der Waals surface area contributed by atoms with E-state index in [2.05, 4.69) is 43.6 Å². The summed E-state index contributed by atoms with van der Waals surface area (Å²) in [5, 5.41) is 23.4. The molecular formula is C29H24BrN5O13P3S-3. The first-order chi connectivity index (χ1) is 24.6. The maximum Gasteiger partial charge on any atom is 0.326 e. The van der Waals surface area contributed by atoms with Gasteiger partial charge in [0.2, 0.25) is 0 Å². The SMILES string of the molecule is CSc1nc2c(ncn2[C@@H]2O[C@H](COP(=O)([O-])OP(=O)([O-])OP(=O)([O-])Oc3ccc4ccccc4c3)C(O)[C@@H]2O)c2nc(-c3ccc(Br)cc3)cn12. The van der Waals surface area contributed by atoms with Gasteiger partial charge in [-0.2, -0.15) is 0 Å². The summed E-state index contributed by atoms with van der Waals surface area (Å²) in [5.41, 5.74) is 2.47. The van der Waals surface area contributed by atoms with Crippen LogP contribution in [-0.2, 0) is 31.6 Å². The molecule has 1 fully saturated rings. The van der Waals surface area contributed by atoms with E-state index >= 15 is 0 Å². The molecule has 1 aliphatic rings. The minimum atomic E-state index is -6.17. The Morgan fingerprint density at radius 1 is 0.904 bits per heavy atom. The van der Waals surface area contributed by atoms with E-state index in [4.69, 9.17) is 9.72 Å². The molecule has 3 aromatic heterocycles. The highest BCUT2D eigenvalue weighted by atomic mass is 79.9. The van der Waals surface area contributed by atoms with Gasteiger partial charge in [0.1, 0.15) is 24.1 Å². The molecule has 3 aromatic carbocycles. The number of hydrogen-bond donors (Lipinski definition) is 2. The van der Waals surface area contributed by atoms with Crippen LogP contribution in [0.5, 0.6) is 5.75 Å². The predicted molar refractivity (Wildman–Crippen MR) is 183 cm³/mol. The molecule has 0 aliphatic carbocycles. The van der Waals surface area contributed by atoms with Crippen LogP contribution in [0.15, 0.2) is 88.9 Å². The summed E-state index contributed by atoms with van der Waals surface area (Å²) >= 11 is 4.72. The number of halogens is 1. The van der Waals surface area contributed by atoms with Gasteiger partial charge >= 0.3 is 7.82 Å². The predicted octanol–water partition coefficient (Wildman–Crippen LogP) is 3.54. The molecule has 4 unspecified atom stereocenters. The van der Waals surface area contributed by atoms with E-state index < -0.39 is 54.6 Å². The van der Waals surface area contributed by atoms with Crippen LogP contribution in [-0.4, -0.2) is 65.3 Å². The first kappa shape index (κ1) is 37.3. The lowest BCUT2D eigenvalue weighted by atomic mass is 10.1. The third kappa shape index (κ3) is 7.78. The molecule has 0 bridgehead atoms. The van der Waals surface area contributed by atoms with Crippen molar-refractivity contribution in [1.82, 2.24) is 23.9 Å². The van der Waals surface area contributed by atoms with Gasteiger partial charge in [-0.25, -0.2) is 23.6 Å². The van der Waals surface area contributed by atoms with Gasteiger partial charge in [-0.1, -0.05) is 70.2 Å². The zero-order chi connectivity index (χ0) is 37.0. The molecular weight excluding hydrogens is 831 g/mol. The summed E-state index contributed by atoms with van der Waals surface area (Å²) < 4.78 is 63.8. The number of aromatic nitrogens is 5. The molecule has 0 radical (unpaired) electrons. The Balaban J connectivity index is 1.03. The smallest absolute Gasteiger partial charge is 0.326 e. The van der Waals surface area contributed by atoms with Crippen molar-refractivity contribution in [1.29, 1.82) is 0 Å². The average molecular weight is 855 g/mol. The van der Waals surface area contributed by atoms with Gasteiger partial charge in [-0.05, 0) is 41.3 Å². The standard InChI is InChI=1S/C29H27BrN5O13P3S/c1-52-29-33-27-23(26-32-21(13-34(26)29)17-6-9-19(30)10-7-17)31-15-35(27)28-25(37)24(36)22(45-28)14-44-49(38,39)47-51(42,43)48-50(40,41)46-20-11-8-16-4-2-3-5-18(16)12-20/h2-13,15,22,24-25,28,36-37H,14H2,1H3,(H,38,39)(H,40,41)(H,42,43)/p-3/t22-,24?,25+,28-/m1/s1. The fraction of sp³-hybridized carbons (Fsp3) is 0.207. The number of phosphoric ester groups is 2. The Morgan fingerprint density at radius 2 is 1.62 bits per heavy atom. The van der Waals surface area contributed by atoms with Gasteiger partial charge in [0.05, 0.1) is 18.6 Å². The van der Waals surface area contributed by atoms with Crippen molar-refractivity contribution in [3.05, 3.63) is 83.7 Å².